The number of nitrogens with two attached hydrogens (primary N) is 1. The summed E-state index contributed by atoms with van der Waals surface area (Å²) < 4.78 is 0. The Labute approximate surface area is 101 Å². The third-order valence-corrected chi connectivity index (χ3v) is 4.73. The highest BCUT2D eigenvalue weighted by Gasteiger charge is 2.19. The molecule has 92 valence electrons. The fourth-order valence-corrected chi connectivity index (χ4v) is 2.78. The van der Waals surface area contributed by atoms with Crippen molar-refractivity contribution in [3.05, 3.63) is 0 Å². The van der Waals surface area contributed by atoms with Crippen LogP contribution in [0, 0.1) is 0 Å². The van der Waals surface area contributed by atoms with Crippen molar-refractivity contribution in [3.8, 4) is 0 Å². The normalized spacial score (nSPS) is 12.0. The Hall–Kier alpha value is 0.310. The molecule has 0 saturated carbocycles. The molecule has 0 fully saturated rings. The van der Waals surface area contributed by atoms with Crippen LogP contribution in [0.15, 0.2) is 0 Å². The van der Waals surface area contributed by atoms with E-state index >= 15 is 0 Å². The van der Waals surface area contributed by atoms with Crippen LogP contribution in [-0.4, -0.2) is 10.6 Å². The molecular formula is C13H29NS. The van der Waals surface area contributed by atoms with Gasteiger partial charge in [-0.25, -0.2) is 0 Å². The predicted molar refractivity (Wildman–Crippen MR) is 73.3 cm³/mol. The second kappa shape index (κ2) is 9.53. The SMILES string of the molecule is CCCCCCCCSC(N)(CC)CC. The van der Waals surface area contributed by atoms with Gasteiger partial charge in [0.15, 0.2) is 0 Å². The van der Waals surface area contributed by atoms with Gasteiger partial charge in [-0.15, -0.1) is 11.8 Å². The standard InChI is InChI=1S/C13H29NS/c1-4-7-8-9-10-11-12-15-13(14,5-2)6-3/h4-12,14H2,1-3H3. The van der Waals surface area contributed by atoms with Crippen molar-refractivity contribution in [3.63, 3.8) is 0 Å². The molecule has 0 rings (SSSR count). The van der Waals surface area contributed by atoms with Crippen LogP contribution >= 0.6 is 11.8 Å². The van der Waals surface area contributed by atoms with E-state index in [1.54, 1.807) is 0 Å². The number of unbranched alkanes of at least 4 members (excludes halogenated alkanes) is 5. The molecule has 0 heterocycles. The zero-order chi connectivity index (χ0) is 11.6. The van der Waals surface area contributed by atoms with Crippen LogP contribution in [0.25, 0.3) is 0 Å². The zero-order valence-corrected chi connectivity index (χ0v) is 11.7. The Kier molecular flexibility index (Phi) is 9.73. The van der Waals surface area contributed by atoms with Gasteiger partial charge in [0.25, 0.3) is 0 Å². The Balaban J connectivity index is 3.29. The molecule has 15 heavy (non-hydrogen) atoms. The van der Waals surface area contributed by atoms with Crippen molar-refractivity contribution >= 4 is 11.8 Å². The van der Waals surface area contributed by atoms with Crippen molar-refractivity contribution in [1.29, 1.82) is 0 Å². The molecular weight excluding hydrogens is 202 g/mol. The number of hydrogen-bond acceptors (Lipinski definition) is 2. The molecule has 0 aliphatic carbocycles. The molecule has 0 radical (unpaired) electrons. The Morgan fingerprint density at radius 2 is 1.40 bits per heavy atom. The lowest BCUT2D eigenvalue weighted by Crippen LogP contribution is -2.34. The molecule has 0 atom stereocenters. The minimum atomic E-state index is 0.0451. The summed E-state index contributed by atoms with van der Waals surface area (Å²) in [5, 5.41) is 0. The van der Waals surface area contributed by atoms with E-state index in [9.17, 15) is 0 Å². The largest absolute Gasteiger partial charge is 0.317 e. The van der Waals surface area contributed by atoms with Crippen LogP contribution in [0.4, 0.5) is 0 Å². The number of thioether (sulfide) groups is 1. The van der Waals surface area contributed by atoms with Gasteiger partial charge >= 0.3 is 0 Å². The third-order valence-electron chi connectivity index (χ3n) is 3.08. The smallest absolute Gasteiger partial charge is 0.0615 e. The molecule has 0 bridgehead atoms. The number of rotatable bonds is 10. The summed E-state index contributed by atoms with van der Waals surface area (Å²) >= 11 is 1.97. The van der Waals surface area contributed by atoms with Gasteiger partial charge in [-0.2, -0.15) is 0 Å². The summed E-state index contributed by atoms with van der Waals surface area (Å²) in [6.45, 7) is 6.65. The van der Waals surface area contributed by atoms with Crippen LogP contribution < -0.4 is 5.73 Å². The molecule has 1 nitrogen and oxygen atoms in total. The van der Waals surface area contributed by atoms with Gasteiger partial charge in [0, 0.05) is 0 Å². The molecule has 0 aromatic carbocycles. The summed E-state index contributed by atoms with van der Waals surface area (Å²) in [4.78, 5) is 0.0451. The highest BCUT2D eigenvalue weighted by atomic mass is 32.2. The Morgan fingerprint density at radius 1 is 0.867 bits per heavy atom. The maximum Gasteiger partial charge on any atom is 0.0615 e. The van der Waals surface area contributed by atoms with Crippen LogP contribution in [-0.2, 0) is 0 Å². The Bertz CT molecular complexity index is 132. The van der Waals surface area contributed by atoms with E-state index in [4.69, 9.17) is 5.73 Å². The first kappa shape index (κ1) is 15.3. The quantitative estimate of drug-likeness (QED) is 0.441. The zero-order valence-electron chi connectivity index (χ0n) is 10.8. The molecule has 0 aliphatic heterocycles. The molecule has 0 amide bonds. The van der Waals surface area contributed by atoms with E-state index in [2.05, 4.69) is 20.8 Å². The summed E-state index contributed by atoms with van der Waals surface area (Å²) in [6, 6.07) is 0. The van der Waals surface area contributed by atoms with Crippen LogP contribution in [0.5, 0.6) is 0 Å². The van der Waals surface area contributed by atoms with Crippen LogP contribution in [0.2, 0.25) is 0 Å². The van der Waals surface area contributed by atoms with Gasteiger partial charge in [-0.1, -0.05) is 52.9 Å². The second-order valence-electron chi connectivity index (χ2n) is 4.39. The molecule has 0 spiro atoms. The van der Waals surface area contributed by atoms with E-state index < -0.39 is 0 Å². The Morgan fingerprint density at radius 3 is 1.93 bits per heavy atom. The fourth-order valence-electron chi connectivity index (χ4n) is 1.61. The van der Waals surface area contributed by atoms with Crippen molar-refractivity contribution in [1.82, 2.24) is 0 Å². The lowest BCUT2D eigenvalue weighted by molar-refractivity contribution is 0.569. The molecule has 0 aromatic rings. The summed E-state index contributed by atoms with van der Waals surface area (Å²) in [5.41, 5.74) is 6.22. The minimum absolute atomic E-state index is 0.0451. The first-order valence-electron chi connectivity index (χ1n) is 6.61. The van der Waals surface area contributed by atoms with Crippen molar-refractivity contribution in [2.75, 3.05) is 5.75 Å². The lowest BCUT2D eigenvalue weighted by Gasteiger charge is -2.25. The monoisotopic (exact) mass is 231 g/mol. The van der Waals surface area contributed by atoms with Gasteiger partial charge < -0.3 is 5.73 Å². The molecule has 0 unspecified atom stereocenters. The van der Waals surface area contributed by atoms with E-state index in [0.29, 0.717) is 0 Å². The average molecular weight is 231 g/mol. The third kappa shape index (κ3) is 8.15. The molecule has 0 saturated heterocycles. The maximum atomic E-state index is 6.22. The van der Waals surface area contributed by atoms with Gasteiger partial charge in [-0.3, -0.25) is 0 Å². The maximum absolute atomic E-state index is 6.22. The van der Waals surface area contributed by atoms with Gasteiger partial charge in [-0.05, 0) is 25.0 Å². The lowest BCUT2D eigenvalue weighted by atomic mass is 10.1. The van der Waals surface area contributed by atoms with Crippen LogP contribution in [0.1, 0.15) is 72.1 Å². The van der Waals surface area contributed by atoms with E-state index in [1.807, 2.05) is 11.8 Å². The summed E-state index contributed by atoms with van der Waals surface area (Å²) in [5.74, 6) is 1.24. The first-order chi connectivity index (χ1) is 7.18. The van der Waals surface area contributed by atoms with E-state index in [1.165, 1.54) is 44.3 Å². The van der Waals surface area contributed by atoms with Gasteiger partial charge in [0.1, 0.15) is 0 Å². The van der Waals surface area contributed by atoms with Crippen molar-refractivity contribution < 1.29 is 0 Å². The van der Waals surface area contributed by atoms with Crippen molar-refractivity contribution in [2.45, 2.75) is 77.0 Å². The van der Waals surface area contributed by atoms with Crippen LogP contribution in [0.3, 0.4) is 0 Å². The fraction of sp³-hybridized carbons (Fsp3) is 1.00. The summed E-state index contributed by atoms with van der Waals surface area (Å²) in [6.07, 6.45) is 10.5. The van der Waals surface area contributed by atoms with E-state index in [-0.39, 0.29) is 4.87 Å². The molecule has 2 N–H and O–H groups in total. The minimum Gasteiger partial charge on any atom is -0.317 e. The molecule has 0 aliphatic rings. The molecule has 2 heteroatoms. The topological polar surface area (TPSA) is 26.0 Å². The second-order valence-corrected chi connectivity index (χ2v) is 5.90. The van der Waals surface area contributed by atoms with Gasteiger partial charge in [0.05, 0.1) is 4.87 Å². The molecule has 0 aromatic heterocycles. The average Bonchev–Trinajstić information content (AvgIpc) is 2.27. The highest BCUT2D eigenvalue weighted by Crippen LogP contribution is 2.27. The van der Waals surface area contributed by atoms with Crippen molar-refractivity contribution in [2.24, 2.45) is 5.73 Å². The highest BCUT2D eigenvalue weighted by molar-refractivity contribution is 8.00. The number of hydrogen-bond donors (Lipinski definition) is 1. The van der Waals surface area contributed by atoms with Gasteiger partial charge in [0.2, 0.25) is 0 Å². The van der Waals surface area contributed by atoms with E-state index in [0.717, 1.165) is 12.8 Å². The predicted octanol–water partition coefficient (Wildman–Crippen LogP) is 4.56. The first-order valence-corrected chi connectivity index (χ1v) is 7.60. The summed E-state index contributed by atoms with van der Waals surface area (Å²) in [7, 11) is 0.